The smallest absolute Gasteiger partial charge is 0.273 e. The molecule has 0 saturated heterocycles. The number of thiophene rings is 1. The lowest BCUT2D eigenvalue weighted by Crippen LogP contribution is -2.34. The quantitative estimate of drug-likeness (QED) is 0.578. The summed E-state index contributed by atoms with van der Waals surface area (Å²) < 4.78 is 33.8. The third kappa shape index (κ3) is 3.72. The first-order valence-corrected chi connectivity index (χ1v) is 11.6. The highest BCUT2D eigenvalue weighted by Gasteiger charge is 2.24. The standard InChI is InChI=1S/C16H12BrN3O4S3/c1-8-15(21)18-10-6-9(2-3-12(10)24-8)11-7-25-16(19-11)20-27(22,23)14-5-4-13(17)26-14/h2-8H,1H3,(H,18,21)(H,19,20). The van der Waals surface area contributed by atoms with Gasteiger partial charge in [0.1, 0.15) is 9.96 Å². The largest absolute Gasteiger partial charge is 0.479 e. The molecule has 7 nitrogen and oxygen atoms in total. The average Bonchev–Trinajstić information content (AvgIpc) is 3.25. The minimum absolute atomic E-state index is 0.203. The van der Waals surface area contributed by atoms with Crippen molar-refractivity contribution in [1.29, 1.82) is 0 Å². The second-order valence-electron chi connectivity index (χ2n) is 5.66. The summed E-state index contributed by atoms with van der Waals surface area (Å²) in [6.07, 6.45) is -0.541. The molecule has 3 aromatic rings. The van der Waals surface area contributed by atoms with Gasteiger partial charge in [-0.1, -0.05) is 0 Å². The van der Waals surface area contributed by atoms with Crippen molar-refractivity contribution < 1.29 is 17.9 Å². The number of nitrogens with zero attached hydrogens (tertiary/aromatic N) is 1. The number of hydrogen-bond donors (Lipinski definition) is 2. The predicted octanol–water partition coefficient (Wildman–Crippen LogP) is 4.15. The molecule has 4 rings (SSSR count). The van der Waals surface area contributed by atoms with E-state index in [0.717, 1.165) is 20.7 Å². The van der Waals surface area contributed by atoms with Crippen molar-refractivity contribution in [3.63, 3.8) is 0 Å². The van der Waals surface area contributed by atoms with Crippen LogP contribution < -0.4 is 14.8 Å². The average molecular weight is 486 g/mol. The number of thiazole rings is 1. The summed E-state index contributed by atoms with van der Waals surface area (Å²) in [5.74, 6) is 0.374. The van der Waals surface area contributed by atoms with Crippen molar-refractivity contribution in [3.05, 3.63) is 39.5 Å². The third-order valence-corrected chi connectivity index (χ3v) is 8.09. The summed E-state index contributed by atoms with van der Waals surface area (Å²) in [6.45, 7) is 1.68. The zero-order valence-electron chi connectivity index (χ0n) is 13.7. The summed E-state index contributed by atoms with van der Waals surface area (Å²) in [7, 11) is -3.68. The minimum Gasteiger partial charge on any atom is -0.479 e. The molecular formula is C16H12BrN3O4S3. The van der Waals surface area contributed by atoms with Crippen LogP contribution >= 0.6 is 38.6 Å². The van der Waals surface area contributed by atoms with Crippen LogP contribution in [-0.2, 0) is 14.8 Å². The number of anilines is 2. The summed E-state index contributed by atoms with van der Waals surface area (Å²) in [5.41, 5.74) is 1.91. The zero-order valence-corrected chi connectivity index (χ0v) is 17.8. The molecule has 0 aliphatic carbocycles. The van der Waals surface area contributed by atoms with Gasteiger partial charge in [0, 0.05) is 10.9 Å². The van der Waals surface area contributed by atoms with Gasteiger partial charge >= 0.3 is 0 Å². The number of amides is 1. The number of aromatic nitrogens is 1. The molecule has 1 aliphatic heterocycles. The van der Waals surface area contributed by atoms with Crippen LogP contribution in [0.2, 0.25) is 0 Å². The number of fused-ring (bicyclic) bond motifs is 1. The number of ether oxygens (including phenoxy) is 1. The number of halogens is 1. The number of benzene rings is 1. The van der Waals surface area contributed by atoms with E-state index >= 15 is 0 Å². The molecule has 1 atom stereocenters. The summed E-state index contributed by atoms with van der Waals surface area (Å²) in [6, 6.07) is 8.53. The molecular weight excluding hydrogens is 474 g/mol. The molecule has 0 saturated carbocycles. The van der Waals surface area contributed by atoms with Gasteiger partial charge in [0.05, 0.1) is 15.2 Å². The molecule has 0 bridgehead atoms. The molecule has 0 radical (unpaired) electrons. The Hall–Kier alpha value is -1.95. The number of hydrogen-bond acceptors (Lipinski definition) is 7. The summed E-state index contributed by atoms with van der Waals surface area (Å²) in [5, 5.41) is 4.80. The van der Waals surface area contributed by atoms with Crippen molar-refractivity contribution in [2.45, 2.75) is 17.2 Å². The van der Waals surface area contributed by atoms with E-state index in [2.05, 4.69) is 31.0 Å². The van der Waals surface area contributed by atoms with E-state index in [0.29, 0.717) is 17.1 Å². The molecule has 3 heterocycles. The van der Waals surface area contributed by atoms with Crippen LogP contribution in [0.25, 0.3) is 11.3 Å². The molecule has 1 amide bonds. The first-order chi connectivity index (χ1) is 12.8. The van der Waals surface area contributed by atoms with E-state index in [1.54, 1.807) is 30.5 Å². The van der Waals surface area contributed by atoms with Crippen molar-refractivity contribution in [2.75, 3.05) is 10.0 Å². The molecule has 140 valence electrons. The molecule has 2 aromatic heterocycles. The number of rotatable bonds is 4. The minimum atomic E-state index is -3.68. The van der Waals surface area contributed by atoms with Gasteiger partial charge in [-0.2, -0.15) is 0 Å². The van der Waals surface area contributed by atoms with E-state index in [1.165, 1.54) is 17.4 Å². The second kappa shape index (κ2) is 6.89. The summed E-state index contributed by atoms with van der Waals surface area (Å²) in [4.78, 5) is 16.1. The highest BCUT2D eigenvalue weighted by molar-refractivity contribution is 9.11. The monoisotopic (exact) mass is 485 g/mol. The van der Waals surface area contributed by atoms with E-state index in [9.17, 15) is 13.2 Å². The second-order valence-corrected chi connectivity index (χ2v) is 10.9. The maximum atomic E-state index is 12.4. The molecule has 2 N–H and O–H groups in total. The number of sulfonamides is 1. The first kappa shape index (κ1) is 18.4. The Kier molecular flexibility index (Phi) is 4.70. The van der Waals surface area contributed by atoms with Gasteiger partial charge in [-0.15, -0.1) is 22.7 Å². The Bertz CT molecular complexity index is 1140. The van der Waals surface area contributed by atoms with E-state index in [4.69, 9.17) is 4.74 Å². The summed E-state index contributed by atoms with van der Waals surface area (Å²) >= 11 is 5.56. The number of carbonyl (C=O) groups excluding carboxylic acids is 1. The zero-order chi connectivity index (χ0) is 19.2. The first-order valence-electron chi connectivity index (χ1n) is 7.67. The molecule has 0 spiro atoms. The fourth-order valence-corrected chi connectivity index (χ4v) is 6.41. The van der Waals surface area contributed by atoms with E-state index < -0.39 is 16.1 Å². The Balaban J connectivity index is 1.58. The van der Waals surface area contributed by atoms with Crippen LogP contribution in [0, 0.1) is 0 Å². The normalized spacial score (nSPS) is 16.4. The van der Waals surface area contributed by atoms with Gasteiger partial charge in [-0.25, -0.2) is 13.4 Å². The van der Waals surface area contributed by atoms with Crippen LogP contribution in [0.5, 0.6) is 5.75 Å². The fourth-order valence-electron chi connectivity index (χ4n) is 2.43. The molecule has 1 aromatic carbocycles. The van der Waals surface area contributed by atoms with Gasteiger partial charge < -0.3 is 10.1 Å². The predicted molar refractivity (Wildman–Crippen MR) is 109 cm³/mol. The lowest BCUT2D eigenvalue weighted by molar-refractivity contribution is -0.122. The number of nitrogens with one attached hydrogen (secondary N) is 2. The Morgan fingerprint density at radius 2 is 2.11 bits per heavy atom. The number of carbonyl (C=O) groups is 1. The van der Waals surface area contributed by atoms with Crippen molar-refractivity contribution in [3.8, 4) is 17.0 Å². The third-order valence-electron chi connectivity index (χ3n) is 3.75. The molecule has 11 heteroatoms. The Morgan fingerprint density at radius 1 is 1.30 bits per heavy atom. The lowest BCUT2D eigenvalue weighted by Gasteiger charge is -2.23. The molecule has 1 aliphatic rings. The van der Waals surface area contributed by atoms with Gasteiger partial charge in [0.2, 0.25) is 0 Å². The van der Waals surface area contributed by atoms with Crippen LogP contribution in [-0.4, -0.2) is 25.4 Å². The van der Waals surface area contributed by atoms with Gasteiger partial charge in [-0.05, 0) is 53.2 Å². The SMILES string of the molecule is CC1Oc2ccc(-c3csc(NS(=O)(=O)c4ccc(Br)s4)n3)cc2NC1=O. The van der Waals surface area contributed by atoms with Crippen LogP contribution in [0.15, 0.2) is 43.7 Å². The molecule has 1 unspecified atom stereocenters. The van der Waals surface area contributed by atoms with Crippen LogP contribution in [0.4, 0.5) is 10.8 Å². The van der Waals surface area contributed by atoms with E-state index in [-0.39, 0.29) is 15.2 Å². The van der Waals surface area contributed by atoms with Crippen molar-refractivity contribution in [1.82, 2.24) is 4.98 Å². The van der Waals surface area contributed by atoms with Crippen molar-refractivity contribution in [2.24, 2.45) is 0 Å². The maximum absolute atomic E-state index is 12.4. The van der Waals surface area contributed by atoms with Gasteiger partial charge in [0.15, 0.2) is 11.2 Å². The van der Waals surface area contributed by atoms with Gasteiger partial charge in [-0.3, -0.25) is 9.52 Å². The van der Waals surface area contributed by atoms with Crippen molar-refractivity contribution >= 4 is 65.4 Å². The topological polar surface area (TPSA) is 97.4 Å². The highest BCUT2D eigenvalue weighted by Crippen LogP contribution is 2.35. The maximum Gasteiger partial charge on any atom is 0.273 e. The fraction of sp³-hybridized carbons (Fsp3) is 0.125. The van der Waals surface area contributed by atoms with Crippen LogP contribution in [0.3, 0.4) is 0 Å². The Labute approximate surface area is 171 Å². The Morgan fingerprint density at radius 3 is 2.85 bits per heavy atom. The molecule has 27 heavy (non-hydrogen) atoms. The van der Waals surface area contributed by atoms with Gasteiger partial charge in [0.25, 0.3) is 15.9 Å². The van der Waals surface area contributed by atoms with E-state index in [1.807, 2.05) is 6.07 Å². The highest BCUT2D eigenvalue weighted by atomic mass is 79.9. The molecule has 0 fully saturated rings. The van der Waals surface area contributed by atoms with Crippen LogP contribution in [0.1, 0.15) is 6.92 Å². The lowest BCUT2D eigenvalue weighted by atomic mass is 10.1.